The zero-order valence-corrected chi connectivity index (χ0v) is 10.7. The molecular weight excluding hydrogens is 232 g/mol. The standard InChI is InChI=1S/C12H16N4O2/c1-8(12(17)13-2)16(3)7-9-4-5-10-11(6-9)15-18-14-10/h4-6,8H,7H2,1-3H3,(H,13,17)/t8-/m1/s1. The fraction of sp³-hybridized carbons (Fsp3) is 0.417. The number of nitrogens with zero attached hydrogens (tertiary/aromatic N) is 3. The van der Waals surface area contributed by atoms with E-state index in [-0.39, 0.29) is 11.9 Å². The van der Waals surface area contributed by atoms with Crippen molar-refractivity contribution in [3.05, 3.63) is 23.8 Å². The summed E-state index contributed by atoms with van der Waals surface area (Å²) in [7, 11) is 3.55. The number of hydrogen-bond acceptors (Lipinski definition) is 5. The van der Waals surface area contributed by atoms with E-state index in [4.69, 9.17) is 0 Å². The van der Waals surface area contributed by atoms with Crippen LogP contribution in [0, 0.1) is 0 Å². The Hall–Kier alpha value is -1.95. The molecule has 96 valence electrons. The van der Waals surface area contributed by atoms with Gasteiger partial charge in [-0.15, -0.1) is 0 Å². The van der Waals surface area contributed by atoms with E-state index in [0.717, 1.165) is 16.6 Å². The fourth-order valence-corrected chi connectivity index (χ4v) is 1.76. The van der Waals surface area contributed by atoms with Crippen LogP contribution in [0.4, 0.5) is 0 Å². The quantitative estimate of drug-likeness (QED) is 0.866. The number of benzene rings is 1. The number of hydrogen-bond donors (Lipinski definition) is 1. The number of carbonyl (C=O) groups excluding carboxylic acids is 1. The second kappa shape index (κ2) is 5.14. The van der Waals surface area contributed by atoms with Gasteiger partial charge < -0.3 is 5.32 Å². The van der Waals surface area contributed by atoms with Crippen molar-refractivity contribution in [3.63, 3.8) is 0 Å². The van der Waals surface area contributed by atoms with Crippen LogP contribution < -0.4 is 5.32 Å². The summed E-state index contributed by atoms with van der Waals surface area (Å²) in [6, 6.07) is 5.55. The Balaban J connectivity index is 2.10. The van der Waals surface area contributed by atoms with E-state index in [2.05, 4.69) is 20.3 Å². The average molecular weight is 248 g/mol. The van der Waals surface area contributed by atoms with Gasteiger partial charge in [0.1, 0.15) is 11.0 Å². The van der Waals surface area contributed by atoms with Crippen LogP contribution in [0.3, 0.4) is 0 Å². The maximum atomic E-state index is 11.5. The first-order valence-corrected chi connectivity index (χ1v) is 5.75. The lowest BCUT2D eigenvalue weighted by molar-refractivity contribution is -0.125. The molecule has 6 heteroatoms. The molecule has 0 unspecified atom stereocenters. The van der Waals surface area contributed by atoms with E-state index in [1.807, 2.05) is 37.1 Å². The number of carbonyl (C=O) groups is 1. The van der Waals surface area contributed by atoms with Gasteiger partial charge in [0.25, 0.3) is 0 Å². The Kier molecular flexibility index (Phi) is 3.57. The van der Waals surface area contributed by atoms with Crippen molar-refractivity contribution >= 4 is 16.9 Å². The minimum absolute atomic E-state index is 0.00156. The van der Waals surface area contributed by atoms with Crippen LogP contribution in [0.25, 0.3) is 11.0 Å². The van der Waals surface area contributed by atoms with Crippen LogP contribution in [0.5, 0.6) is 0 Å². The molecule has 0 aliphatic heterocycles. The van der Waals surface area contributed by atoms with Crippen LogP contribution >= 0.6 is 0 Å². The van der Waals surface area contributed by atoms with Crippen molar-refractivity contribution in [2.45, 2.75) is 19.5 Å². The molecule has 1 aromatic carbocycles. The van der Waals surface area contributed by atoms with Crippen molar-refractivity contribution in [2.24, 2.45) is 0 Å². The number of fused-ring (bicyclic) bond motifs is 1. The summed E-state index contributed by atoms with van der Waals surface area (Å²) in [4.78, 5) is 13.5. The van der Waals surface area contributed by atoms with Gasteiger partial charge in [0.2, 0.25) is 5.91 Å². The largest absolute Gasteiger partial charge is 0.358 e. The van der Waals surface area contributed by atoms with Gasteiger partial charge in [0.05, 0.1) is 6.04 Å². The van der Waals surface area contributed by atoms with Crippen molar-refractivity contribution < 1.29 is 9.42 Å². The highest BCUT2D eigenvalue weighted by Crippen LogP contribution is 2.13. The summed E-state index contributed by atoms with van der Waals surface area (Å²) in [5.41, 5.74) is 2.53. The van der Waals surface area contributed by atoms with Gasteiger partial charge in [0.15, 0.2) is 0 Å². The van der Waals surface area contributed by atoms with Crippen LogP contribution in [0.1, 0.15) is 12.5 Å². The molecular formula is C12H16N4O2. The Morgan fingerprint density at radius 3 is 2.89 bits per heavy atom. The van der Waals surface area contributed by atoms with E-state index in [9.17, 15) is 4.79 Å². The average Bonchev–Trinajstić information content (AvgIpc) is 2.84. The second-order valence-electron chi connectivity index (χ2n) is 4.29. The van der Waals surface area contributed by atoms with E-state index < -0.39 is 0 Å². The molecule has 18 heavy (non-hydrogen) atoms. The second-order valence-corrected chi connectivity index (χ2v) is 4.29. The molecule has 0 saturated heterocycles. The minimum atomic E-state index is -0.180. The first-order chi connectivity index (χ1) is 8.61. The number of nitrogens with one attached hydrogen (secondary N) is 1. The number of likely N-dealkylation sites (N-methyl/N-ethyl adjacent to an activating group) is 2. The summed E-state index contributed by atoms with van der Waals surface area (Å²) in [5, 5.41) is 10.2. The zero-order valence-electron chi connectivity index (χ0n) is 10.7. The molecule has 6 nitrogen and oxygen atoms in total. The Morgan fingerprint density at radius 1 is 1.44 bits per heavy atom. The topological polar surface area (TPSA) is 71.3 Å². The molecule has 0 aliphatic rings. The third-order valence-electron chi connectivity index (χ3n) is 3.04. The summed E-state index contributed by atoms with van der Waals surface area (Å²) in [5.74, 6) is 0.00156. The highest BCUT2D eigenvalue weighted by Gasteiger charge is 2.16. The molecule has 1 aromatic heterocycles. The molecule has 0 bridgehead atoms. The molecule has 0 spiro atoms. The lowest BCUT2D eigenvalue weighted by Crippen LogP contribution is -2.41. The third kappa shape index (κ3) is 2.48. The van der Waals surface area contributed by atoms with Crippen LogP contribution in [0.15, 0.2) is 22.8 Å². The maximum absolute atomic E-state index is 11.5. The summed E-state index contributed by atoms with van der Waals surface area (Å²) < 4.78 is 4.65. The maximum Gasteiger partial charge on any atom is 0.236 e. The van der Waals surface area contributed by atoms with Gasteiger partial charge in [-0.1, -0.05) is 6.07 Å². The van der Waals surface area contributed by atoms with Crippen molar-refractivity contribution in [3.8, 4) is 0 Å². The van der Waals surface area contributed by atoms with Gasteiger partial charge in [-0.05, 0) is 42.0 Å². The van der Waals surface area contributed by atoms with Crippen LogP contribution in [-0.4, -0.2) is 41.3 Å². The van der Waals surface area contributed by atoms with Crippen molar-refractivity contribution in [1.82, 2.24) is 20.5 Å². The van der Waals surface area contributed by atoms with Crippen molar-refractivity contribution in [1.29, 1.82) is 0 Å². The smallest absolute Gasteiger partial charge is 0.236 e. The third-order valence-corrected chi connectivity index (χ3v) is 3.04. The van der Waals surface area contributed by atoms with Gasteiger partial charge in [-0.3, -0.25) is 9.69 Å². The molecule has 0 radical (unpaired) electrons. The van der Waals surface area contributed by atoms with Crippen molar-refractivity contribution in [2.75, 3.05) is 14.1 Å². The summed E-state index contributed by atoms with van der Waals surface area (Å²) >= 11 is 0. The van der Waals surface area contributed by atoms with Crippen LogP contribution in [0.2, 0.25) is 0 Å². The minimum Gasteiger partial charge on any atom is -0.358 e. The van der Waals surface area contributed by atoms with Gasteiger partial charge in [-0.2, -0.15) is 0 Å². The monoisotopic (exact) mass is 248 g/mol. The molecule has 0 saturated carbocycles. The lowest BCUT2D eigenvalue weighted by Gasteiger charge is -2.23. The number of rotatable bonds is 4. The highest BCUT2D eigenvalue weighted by atomic mass is 16.6. The predicted molar refractivity (Wildman–Crippen MR) is 66.8 cm³/mol. The Bertz CT molecular complexity index is 552. The molecule has 1 N–H and O–H groups in total. The first-order valence-electron chi connectivity index (χ1n) is 5.75. The van der Waals surface area contributed by atoms with Gasteiger partial charge in [-0.25, -0.2) is 4.63 Å². The number of amides is 1. The lowest BCUT2D eigenvalue weighted by atomic mass is 10.1. The molecule has 1 heterocycles. The van der Waals surface area contributed by atoms with Gasteiger partial charge in [0, 0.05) is 13.6 Å². The Labute approximate surface area is 105 Å². The molecule has 2 rings (SSSR count). The summed E-state index contributed by atoms with van der Waals surface area (Å²) in [6.07, 6.45) is 0. The fourth-order valence-electron chi connectivity index (χ4n) is 1.76. The first kappa shape index (κ1) is 12.5. The van der Waals surface area contributed by atoms with E-state index in [1.165, 1.54) is 0 Å². The van der Waals surface area contributed by atoms with E-state index in [1.54, 1.807) is 7.05 Å². The normalized spacial score (nSPS) is 12.9. The Morgan fingerprint density at radius 2 is 2.17 bits per heavy atom. The van der Waals surface area contributed by atoms with Gasteiger partial charge >= 0.3 is 0 Å². The molecule has 1 atom stereocenters. The van der Waals surface area contributed by atoms with E-state index >= 15 is 0 Å². The molecule has 2 aromatic rings. The molecule has 1 amide bonds. The predicted octanol–water partition coefficient (Wildman–Crippen LogP) is 0.789. The molecule has 0 fully saturated rings. The number of aromatic nitrogens is 2. The highest BCUT2D eigenvalue weighted by molar-refractivity contribution is 5.81. The van der Waals surface area contributed by atoms with Crippen LogP contribution in [-0.2, 0) is 11.3 Å². The molecule has 0 aliphatic carbocycles. The summed E-state index contributed by atoms with van der Waals surface area (Å²) in [6.45, 7) is 2.53. The zero-order chi connectivity index (χ0) is 13.1. The van der Waals surface area contributed by atoms with E-state index in [0.29, 0.717) is 6.54 Å². The SMILES string of the molecule is CNC(=O)[C@@H](C)N(C)Cc1ccc2nonc2c1.